The van der Waals surface area contributed by atoms with Crippen LogP contribution >= 0.6 is 12.4 Å². The minimum Gasteiger partial charge on any atom is -0.497 e. The zero-order valence-electron chi connectivity index (χ0n) is 9.32. The zero-order chi connectivity index (χ0) is 10.6. The molecule has 4 heteroatoms. The fourth-order valence-electron chi connectivity index (χ4n) is 1.35. The molecule has 1 atom stereocenters. The summed E-state index contributed by atoms with van der Waals surface area (Å²) in [6.45, 7) is 2.67. The average Bonchev–Trinajstić information content (AvgIpc) is 2.27. The summed E-state index contributed by atoms with van der Waals surface area (Å²) in [6, 6.07) is 5.75. The lowest BCUT2D eigenvalue weighted by Crippen LogP contribution is -2.10. The van der Waals surface area contributed by atoms with E-state index < -0.39 is 0 Å². The first-order valence-corrected chi connectivity index (χ1v) is 4.65. The molecule has 0 spiro atoms. The molecule has 0 aliphatic rings. The zero-order valence-corrected chi connectivity index (χ0v) is 10.1. The molecule has 0 bridgehead atoms. The molecule has 0 saturated carbocycles. The van der Waals surface area contributed by atoms with Crippen molar-refractivity contribution in [1.29, 1.82) is 0 Å². The summed E-state index contributed by atoms with van der Waals surface area (Å²) >= 11 is 0. The Hall–Kier alpha value is -0.930. The first kappa shape index (κ1) is 14.1. The first-order chi connectivity index (χ1) is 6.72. The highest BCUT2D eigenvalue weighted by Gasteiger charge is 2.10. The summed E-state index contributed by atoms with van der Waals surface area (Å²) in [5.74, 6) is 1.98. The average molecular weight is 232 g/mol. The monoisotopic (exact) mass is 231 g/mol. The van der Waals surface area contributed by atoms with E-state index in [4.69, 9.17) is 15.2 Å². The predicted octanol–water partition coefficient (Wildman–Crippen LogP) is 2.19. The summed E-state index contributed by atoms with van der Waals surface area (Å²) < 4.78 is 10.4. The molecule has 0 aliphatic carbocycles. The number of hydrogen-bond acceptors (Lipinski definition) is 3. The second kappa shape index (κ2) is 6.53. The van der Waals surface area contributed by atoms with Crippen molar-refractivity contribution in [2.24, 2.45) is 5.73 Å². The molecule has 0 amide bonds. The molecule has 0 fully saturated rings. The Morgan fingerprint density at radius 3 is 2.40 bits per heavy atom. The molecule has 3 nitrogen and oxygen atoms in total. The van der Waals surface area contributed by atoms with Gasteiger partial charge in [-0.3, -0.25) is 0 Å². The Labute approximate surface area is 97.0 Å². The number of methoxy groups -OCH3 is 2. The molecular formula is C11H18ClNO2. The minimum atomic E-state index is 0. The van der Waals surface area contributed by atoms with Crippen LogP contribution < -0.4 is 15.2 Å². The van der Waals surface area contributed by atoms with Gasteiger partial charge in [-0.1, -0.05) is 6.92 Å². The minimum absolute atomic E-state index is 0. The maximum Gasteiger partial charge on any atom is 0.122 e. The molecule has 15 heavy (non-hydrogen) atoms. The second-order valence-electron chi connectivity index (χ2n) is 3.24. The number of hydrogen-bond donors (Lipinski definition) is 1. The molecule has 0 radical (unpaired) electrons. The number of ether oxygens (including phenoxy) is 2. The van der Waals surface area contributed by atoms with E-state index in [0.717, 1.165) is 17.1 Å². The largest absolute Gasteiger partial charge is 0.497 e. The fourth-order valence-corrected chi connectivity index (χ4v) is 1.35. The molecule has 1 unspecified atom stereocenters. The summed E-state index contributed by atoms with van der Waals surface area (Å²) in [4.78, 5) is 0. The smallest absolute Gasteiger partial charge is 0.122 e. The molecular weight excluding hydrogens is 214 g/mol. The summed E-state index contributed by atoms with van der Waals surface area (Å²) in [7, 11) is 3.31. The summed E-state index contributed by atoms with van der Waals surface area (Å²) in [5, 5.41) is 0. The van der Waals surface area contributed by atoms with Crippen molar-refractivity contribution < 1.29 is 9.47 Å². The normalized spacial score (nSPS) is 11.5. The van der Waals surface area contributed by atoms with Gasteiger partial charge in [-0.05, 0) is 30.7 Å². The van der Waals surface area contributed by atoms with Crippen molar-refractivity contribution >= 4 is 12.4 Å². The van der Waals surface area contributed by atoms with Gasteiger partial charge in [0.25, 0.3) is 0 Å². The van der Waals surface area contributed by atoms with Crippen molar-refractivity contribution in [2.45, 2.75) is 12.8 Å². The molecule has 2 N–H and O–H groups in total. The van der Waals surface area contributed by atoms with Crippen LogP contribution in [0.25, 0.3) is 0 Å². The number of benzene rings is 1. The Bertz CT molecular complexity index is 305. The predicted molar refractivity (Wildman–Crippen MR) is 64.3 cm³/mol. The highest BCUT2D eigenvalue weighted by atomic mass is 35.5. The molecule has 0 aromatic heterocycles. The van der Waals surface area contributed by atoms with E-state index in [1.165, 1.54) is 0 Å². The molecule has 1 aromatic carbocycles. The van der Waals surface area contributed by atoms with Gasteiger partial charge in [0.15, 0.2) is 0 Å². The van der Waals surface area contributed by atoms with Gasteiger partial charge in [-0.25, -0.2) is 0 Å². The topological polar surface area (TPSA) is 44.5 Å². The van der Waals surface area contributed by atoms with Crippen LogP contribution in [0.1, 0.15) is 18.4 Å². The van der Waals surface area contributed by atoms with Crippen molar-refractivity contribution in [2.75, 3.05) is 20.8 Å². The maximum absolute atomic E-state index is 5.62. The van der Waals surface area contributed by atoms with Crippen LogP contribution in [-0.2, 0) is 0 Å². The first-order valence-electron chi connectivity index (χ1n) is 4.65. The van der Waals surface area contributed by atoms with Gasteiger partial charge in [0.05, 0.1) is 14.2 Å². The molecule has 0 heterocycles. The molecule has 86 valence electrons. The van der Waals surface area contributed by atoms with Gasteiger partial charge in [-0.2, -0.15) is 0 Å². The van der Waals surface area contributed by atoms with Gasteiger partial charge in [0, 0.05) is 5.56 Å². The summed E-state index contributed by atoms with van der Waals surface area (Å²) in [6.07, 6.45) is 0. The van der Waals surface area contributed by atoms with Crippen LogP contribution in [0.15, 0.2) is 18.2 Å². The standard InChI is InChI=1S/C11H17NO2.ClH/c1-8(7-12)10-6-9(13-2)4-5-11(10)14-3;/h4-6,8H,7,12H2,1-3H3;1H. The van der Waals surface area contributed by atoms with E-state index in [1.54, 1.807) is 14.2 Å². The third kappa shape index (κ3) is 3.29. The van der Waals surface area contributed by atoms with E-state index in [0.29, 0.717) is 6.54 Å². The summed E-state index contributed by atoms with van der Waals surface area (Å²) in [5.41, 5.74) is 6.71. The van der Waals surface area contributed by atoms with Crippen LogP contribution in [0.5, 0.6) is 11.5 Å². The number of nitrogens with two attached hydrogens (primary N) is 1. The highest BCUT2D eigenvalue weighted by Crippen LogP contribution is 2.29. The lowest BCUT2D eigenvalue weighted by atomic mass is 10.00. The Balaban J connectivity index is 0.00000196. The highest BCUT2D eigenvalue weighted by molar-refractivity contribution is 5.85. The van der Waals surface area contributed by atoms with Crippen LogP contribution in [0, 0.1) is 0 Å². The Morgan fingerprint density at radius 1 is 1.27 bits per heavy atom. The Kier molecular flexibility index (Phi) is 6.13. The van der Waals surface area contributed by atoms with E-state index >= 15 is 0 Å². The van der Waals surface area contributed by atoms with Gasteiger partial charge in [0.2, 0.25) is 0 Å². The van der Waals surface area contributed by atoms with E-state index in [1.807, 2.05) is 18.2 Å². The number of halogens is 1. The SMILES string of the molecule is COc1ccc(OC)c(C(C)CN)c1.Cl. The lowest BCUT2D eigenvalue weighted by Gasteiger charge is -2.14. The second-order valence-corrected chi connectivity index (χ2v) is 3.24. The third-order valence-corrected chi connectivity index (χ3v) is 2.32. The van der Waals surface area contributed by atoms with Crippen LogP contribution in [-0.4, -0.2) is 20.8 Å². The van der Waals surface area contributed by atoms with Crippen LogP contribution in [0.2, 0.25) is 0 Å². The van der Waals surface area contributed by atoms with Crippen molar-refractivity contribution in [3.63, 3.8) is 0 Å². The number of rotatable bonds is 4. The molecule has 1 aromatic rings. The Morgan fingerprint density at radius 2 is 1.93 bits per heavy atom. The van der Waals surface area contributed by atoms with Gasteiger partial charge >= 0.3 is 0 Å². The lowest BCUT2D eigenvalue weighted by molar-refractivity contribution is 0.396. The van der Waals surface area contributed by atoms with Gasteiger partial charge in [0.1, 0.15) is 11.5 Å². The van der Waals surface area contributed by atoms with Crippen molar-refractivity contribution in [3.8, 4) is 11.5 Å². The quantitative estimate of drug-likeness (QED) is 0.864. The van der Waals surface area contributed by atoms with Crippen molar-refractivity contribution in [1.82, 2.24) is 0 Å². The van der Waals surface area contributed by atoms with Crippen LogP contribution in [0.4, 0.5) is 0 Å². The van der Waals surface area contributed by atoms with Gasteiger partial charge in [-0.15, -0.1) is 12.4 Å². The van der Waals surface area contributed by atoms with Crippen molar-refractivity contribution in [3.05, 3.63) is 23.8 Å². The van der Waals surface area contributed by atoms with E-state index in [2.05, 4.69) is 6.92 Å². The molecule has 0 saturated heterocycles. The third-order valence-electron chi connectivity index (χ3n) is 2.32. The molecule has 0 aliphatic heterocycles. The molecule has 1 rings (SSSR count). The maximum atomic E-state index is 5.62. The fraction of sp³-hybridized carbons (Fsp3) is 0.455. The van der Waals surface area contributed by atoms with Gasteiger partial charge < -0.3 is 15.2 Å². The van der Waals surface area contributed by atoms with Crippen LogP contribution in [0.3, 0.4) is 0 Å². The van der Waals surface area contributed by atoms with E-state index in [-0.39, 0.29) is 18.3 Å². The van der Waals surface area contributed by atoms with E-state index in [9.17, 15) is 0 Å².